The lowest BCUT2D eigenvalue weighted by molar-refractivity contribution is 0.114. The lowest BCUT2D eigenvalue weighted by Crippen LogP contribution is -2.26. The Morgan fingerprint density at radius 3 is 2.00 bits per heavy atom. The van der Waals surface area contributed by atoms with Gasteiger partial charge >= 0.3 is 0 Å². The number of rotatable bonds is 10. The Bertz CT molecular complexity index is 901. The van der Waals surface area contributed by atoms with Crippen molar-refractivity contribution in [2.45, 2.75) is 22.0 Å². The van der Waals surface area contributed by atoms with E-state index >= 15 is 0 Å². The molecule has 0 heterocycles. The summed E-state index contributed by atoms with van der Waals surface area (Å²) in [5.41, 5.74) is 5.30. The highest BCUT2D eigenvalue weighted by Gasteiger charge is 2.22. The maximum absolute atomic E-state index is 12.9. The first-order valence-corrected chi connectivity index (χ1v) is 11.2. The Balaban J connectivity index is 2.22. The summed E-state index contributed by atoms with van der Waals surface area (Å²) in [5.74, 6) is 0.403. The minimum atomic E-state index is -3.91. The average molecular weight is 485 g/mol. The second kappa shape index (κ2) is 10.7. The van der Waals surface area contributed by atoms with Crippen LogP contribution in [0, 0.1) is 0 Å². The van der Waals surface area contributed by atoms with Gasteiger partial charge in [0, 0.05) is 6.54 Å². The van der Waals surface area contributed by atoms with E-state index in [0.29, 0.717) is 5.75 Å². The van der Waals surface area contributed by atoms with Crippen LogP contribution in [0.3, 0.4) is 0 Å². The predicted molar refractivity (Wildman–Crippen MR) is 111 cm³/mol. The van der Waals surface area contributed by atoms with Gasteiger partial charge in [0.15, 0.2) is 5.75 Å². The van der Waals surface area contributed by atoms with E-state index in [0.717, 1.165) is 0 Å². The molecule has 11 heteroatoms. The highest BCUT2D eigenvalue weighted by molar-refractivity contribution is 7.91. The van der Waals surface area contributed by atoms with Gasteiger partial charge in [-0.05, 0) is 36.4 Å². The van der Waals surface area contributed by atoms with Crippen LogP contribution in [0.25, 0.3) is 0 Å². The zero-order valence-electron chi connectivity index (χ0n) is 15.1. The normalized spacial score (nSPS) is 13.7. The molecule has 160 valence electrons. The number of aliphatic hydroxyl groups is 2. The lowest BCUT2D eigenvalue weighted by atomic mass is 10.3. The van der Waals surface area contributed by atoms with Crippen LogP contribution in [0.1, 0.15) is 0 Å². The topological polar surface area (TPSA) is 119 Å². The van der Waals surface area contributed by atoms with Gasteiger partial charge in [0.05, 0.1) is 25.7 Å². The molecule has 0 amide bonds. The second-order valence-corrected chi connectivity index (χ2v) is 9.08. The van der Waals surface area contributed by atoms with Gasteiger partial charge in [-0.1, -0.05) is 23.2 Å². The van der Waals surface area contributed by atoms with Crippen LogP contribution >= 0.6 is 34.8 Å². The van der Waals surface area contributed by atoms with E-state index < -0.39 is 22.0 Å². The van der Waals surface area contributed by atoms with Gasteiger partial charge in [-0.15, -0.1) is 11.6 Å². The maximum Gasteiger partial charge on any atom is 0.206 e. The van der Waals surface area contributed by atoms with E-state index in [1.54, 1.807) is 0 Å². The Labute approximate surface area is 183 Å². The van der Waals surface area contributed by atoms with E-state index in [-0.39, 0.29) is 51.2 Å². The van der Waals surface area contributed by atoms with Crippen molar-refractivity contribution in [1.82, 2.24) is 0 Å². The molecule has 0 aliphatic heterocycles. The lowest BCUT2D eigenvalue weighted by Gasteiger charge is -2.14. The summed E-state index contributed by atoms with van der Waals surface area (Å²) in [4.78, 5) is -0.118. The Morgan fingerprint density at radius 2 is 1.48 bits per heavy atom. The SMILES string of the molecule is NC[C@@H](O)COc1ccc(S(=O)(=O)c2cc(Cl)c(OC[C@@H](O)CCl)c(Cl)c2)cc1. The fourth-order valence-corrected chi connectivity index (χ4v) is 4.29. The molecule has 0 bridgehead atoms. The van der Waals surface area contributed by atoms with Gasteiger partial charge in [0.2, 0.25) is 9.84 Å². The standard InChI is InChI=1S/C18H20Cl3NO6S/c19-7-11(23)9-28-18-16(20)5-15(6-17(18)21)29(25,26)14-3-1-13(2-4-14)27-10-12(24)8-22/h1-6,11-12,23-24H,7-10,22H2/t11-,12+/m0/s1. The van der Waals surface area contributed by atoms with Gasteiger partial charge in [-0.3, -0.25) is 0 Å². The molecule has 0 aliphatic rings. The number of ether oxygens (including phenoxy) is 2. The molecule has 0 unspecified atom stereocenters. The summed E-state index contributed by atoms with van der Waals surface area (Å²) in [6, 6.07) is 8.08. The minimum Gasteiger partial charge on any atom is -0.491 e. The van der Waals surface area contributed by atoms with Crippen LogP contribution in [0.2, 0.25) is 10.0 Å². The van der Waals surface area contributed by atoms with Gasteiger partial charge in [0.1, 0.15) is 31.2 Å². The number of hydrogen-bond donors (Lipinski definition) is 3. The fraction of sp³-hybridized carbons (Fsp3) is 0.333. The van der Waals surface area contributed by atoms with Gasteiger partial charge in [-0.25, -0.2) is 8.42 Å². The van der Waals surface area contributed by atoms with E-state index in [1.165, 1.54) is 36.4 Å². The Morgan fingerprint density at radius 1 is 0.931 bits per heavy atom. The smallest absolute Gasteiger partial charge is 0.206 e. The molecule has 29 heavy (non-hydrogen) atoms. The maximum atomic E-state index is 12.9. The van der Waals surface area contributed by atoms with E-state index in [4.69, 9.17) is 50.0 Å². The number of halogens is 3. The van der Waals surface area contributed by atoms with Crippen LogP contribution in [-0.2, 0) is 9.84 Å². The number of aliphatic hydroxyl groups excluding tert-OH is 2. The monoisotopic (exact) mass is 483 g/mol. The number of alkyl halides is 1. The molecule has 2 rings (SSSR count). The Hall–Kier alpha value is -1.26. The van der Waals surface area contributed by atoms with Crippen LogP contribution in [-0.4, -0.2) is 56.5 Å². The summed E-state index contributed by atoms with van der Waals surface area (Å²) in [6.45, 7) is -0.0957. The van der Waals surface area contributed by atoms with E-state index in [2.05, 4.69) is 0 Å². The zero-order valence-corrected chi connectivity index (χ0v) is 18.2. The number of benzene rings is 2. The highest BCUT2D eigenvalue weighted by atomic mass is 35.5. The summed E-state index contributed by atoms with van der Waals surface area (Å²) < 4.78 is 36.4. The molecule has 0 spiro atoms. The minimum absolute atomic E-state index is 0.00240. The zero-order chi connectivity index (χ0) is 21.6. The first-order valence-electron chi connectivity index (χ1n) is 8.41. The number of hydrogen-bond acceptors (Lipinski definition) is 7. The molecule has 2 atom stereocenters. The molecule has 7 nitrogen and oxygen atoms in total. The Kier molecular flexibility index (Phi) is 8.84. The molecule has 2 aromatic rings. The first-order chi connectivity index (χ1) is 13.7. The predicted octanol–water partition coefficient (Wildman–Crippen LogP) is 2.50. The molecule has 4 N–H and O–H groups in total. The molecule has 0 aliphatic carbocycles. The largest absolute Gasteiger partial charge is 0.491 e. The number of sulfone groups is 1. The van der Waals surface area contributed by atoms with Crippen LogP contribution in [0.15, 0.2) is 46.2 Å². The van der Waals surface area contributed by atoms with Crippen molar-refractivity contribution in [3.8, 4) is 11.5 Å². The molecule has 0 fully saturated rings. The summed E-state index contributed by atoms with van der Waals surface area (Å²) in [6.07, 6.45) is -1.73. The van der Waals surface area contributed by atoms with Crippen molar-refractivity contribution in [3.63, 3.8) is 0 Å². The third kappa shape index (κ3) is 6.36. The fourth-order valence-electron chi connectivity index (χ4n) is 2.17. The van der Waals surface area contributed by atoms with E-state index in [9.17, 15) is 18.6 Å². The molecule has 0 radical (unpaired) electrons. The molecular formula is C18H20Cl3NO6S. The molecule has 0 saturated carbocycles. The van der Waals surface area contributed by atoms with Crippen LogP contribution < -0.4 is 15.2 Å². The second-order valence-electron chi connectivity index (χ2n) is 6.01. The molecule has 2 aromatic carbocycles. The average Bonchev–Trinajstić information content (AvgIpc) is 2.71. The van der Waals surface area contributed by atoms with Crippen molar-refractivity contribution in [1.29, 1.82) is 0 Å². The van der Waals surface area contributed by atoms with Crippen molar-refractivity contribution in [2.24, 2.45) is 5.73 Å². The van der Waals surface area contributed by atoms with E-state index in [1.807, 2.05) is 0 Å². The third-order valence-electron chi connectivity index (χ3n) is 3.73. The van der Waals surface area contributed by atoms with Gasteiger partial charge in [0.25, 0.3) is 0 Å². The van der Waals surface area contributed by atoms with Crippen LogP contribution in [0.5, 0.6) is 11.5 Å². The van der Waals surface area contributed by atoms with Crippen molar-refractivity contribution in [3.05, 3.63) is 46.4 Å². The van der Waals surface area contributed by atoms with Gasteiger partial charge in [-0.2, -0.15) is 0 Å². The molecule has 0 saturated heterocycles. The van der Waals surface area contributed by atoms with Crippen molar-refractivity contribution < 1.29 is 28.1 Å². The third-order valence-corrected chi connectivity index (χ3v) is 6.40. The van der Waals surface area contributed by atoms with Crippen molar-refractivity contribution >= 4 is 44.6 Å². The first kappa shape index (κ1) is 24.0. The quantitative estimate of drug-likeness (QED) is 0.443. The molecular weight excluding hydrogens is 465 g/mol. The van der Waals surface area contributed by atoms with Crippen LogP contribution in [0.4, 0.5) is 0 Å². The van der Waals surface area contributed by atoms with Gasteiger partial charge < -0.3 is 25.4 Å². The number of nitrogens with two attached hydrogens (primary N) is 1. The molecule has 0 aromatic heterocycles. The summed E-state index contributed by atoms with van der Waals surface area (Å²) in [5, 5.41) is 18.8. The highest BCUT2D eigenvalue weighted by Crippen LogP contribution is 2.37. The summed E-state index contributed by atoms with van der Waals surface area (Å²) >= 11 is 17.7. The van der Waals surface area contributed by atoms with Crippen molar-refractivity contribution in [2.75, 3.05) is 25.6 Å². The summed E-state index contributed by atoms with van der Waals surface area (Å²) in [7, 11) is -3.91.